The number of carbonyl (C=O) groups is 1. The fourth-order valence-corrected chi connectivity index (χ4v) is 1.83. The molecule has 0 saturated carbocycles. The van der Waals surface area contributed by atoms with Crippen molar-refractivity contribution in [1.29, 1.82) is 0 Å². The molecule has 19 heavy (non-hydrogen) atoms. The minimum absolute atomic E-state index is 0.0466. The highest BCUT2D eigenvalue weighted by Gasteiger charge is 2.08. The number of methoxy groups -OCH3 is 1. The Labute approximate surface area is 112 Å². The van der Waals surface area contributed by atoms with Gasteiger partial charge in [-0.25, -0.2) is 0 Å². The molecule has 1 heterocycles. The Bertz CT molecular complexity index is 582. The van der Waals surface area contributed by atoms with Gasteiger partial charge in [0, 0.05) is 24.7 Å². The van der Waals surface area contributed by atoms with Gasteiger partial charge in [0.15, 0.2) is 5.78 Å². The molecule has 0 radical (unpaired) electrons. The molecule has 0 spiro atoms. The number of hydrogen-bond donors (Lipinski definition) is 1. The molecule has 2 aromatic rings. The summed E-state index contributed by atoms with van der Waals surface area (Å²) >= 11 is 0. The summed E-state index contributed by atoms with van der Waals surface area (Å²) in [4.78, 5) is 16.2. The van der Waals surface area contributed by atoms with Gasteiger partial charge in [0.25, 0.3) is 0 Å². The summed E-state index contributed by atoms with van der Waals surface area (Å²) in [5.74, 6) is 0.799. The molecule has 0 bridgehead atoms. The average Bonchev–Trinajstić information content (AvgIpc) is 2.47. The summed E-state index contributed by atoms with van der Waals surface area (Å²) in [7, 11) is 1.61. The summed E-state index contributed by atoms with van der Waals surface area (Å²) in [6.07, 6.45) is 1.95. The summed E-state index contributed by atoms with van der Waals surface area (Å²) in [6, 6.07) is 10.9. The Morgan fingerprint density at radius 2 is 2.16 bits per heavy atom. The van der Waals surface area contributed by atoms with Crippen molar-refractivity contribution in [3.05, 3.63) is 59.4 Å². The van der Waals surface area contributed by atoms with Crippen molar-refractivity contribution in [2.75, 3.05) is 7.11 Å². The van der Waals surface area contributed by atoms with E-state index >= 15 is 0 Å². The molecule has 98 valence electrons. The Morgan fingerprint density at radius 3 is 2.89 bits per heavy atom. The maximum Gasteiger partial charge on any atom is 0.167 e. The number of nitrogens with two attached hydrogens (primary N) is 1. The minimum Gasteiger partial charge on any atom is -0.497 e. The molecular formula is C15H16N2O2. The van der Waals surface area contributed by atoms with Crippen molar-refractivity contribution in [2.45, 2.75) is 13.0 Å². The van der Waals surface area contributed by atoms with Crippen molar-refractivity contribution < 1.29 is 9.53 Å². The number of hydrogen-bond acceptors (Lipinski definition) is 4. The fourth-order valence-electron chi connectivity index (χ4n) is 1.83. The van der Waals surface area contributed by atoms with Gasteiger partial charge in [0.05, 0.1) is 12.8 Å². The molecule has 2 rings (SSSR count). The maximum absolute atomic E-state index is 12.2. The van der Waals surface area contributed by atoms with E-state index in [4.69, 9.17) is 10.5 Å². The number of benzene rings is 1. The molecule has 2 N–H and O–H groups in total. The number of Topliss-reactive ketones (excluding diaryl/α,β-unsaturated/α-hetero) is 1. The number of nitrogens with zero attached hydrogens (tertiary/aromatic N) is 1. The van der Waals surface area contributed by atoms with Crippen LogP contribution in [0.2, 0.25) is 0 Å². The Morgan fingerprint density at radius 1 is 1.32 bits per heavy atom. The van der Waals surface area contributed by atoms with Crippen LogP contribution in [-0.4, -0.2) is 17.9 Å². The number of ketones is 1. The summed E-state index contributed by atoms with van der Waals surface area (Å²) < 4.78 is 5.14. The summed E-state index contributed by atoms with van der Waals surface area (Å²) in [6.45, 7) is 0.334. The van der Waals surface area contributed by atoms with Gasteiger partial charge in [0.2, 0.25) is 0 Å². The van der Waals surface area contributed by atoms with Gasteiger partial charge in [-0.3, -0.25) is 9.78 Å². The molecule has 0 aliphatic carbocycles. The number of ether oxygens (including phenoxy) is 1. The lowest BCUT2D eigenvalue weighted by molar-refractivity contribution is 0.0992. The normalized spacial score (nSPS) is 10.2. The predicted octanol–water partition coefficient (Wildman–Crippen LogP) is 1.97. The molecule has 4 heteroatoms. The zero-order valence-corrected chi connectivity index (χ0v) is 10.8. The smallest absolute Gasteiger partial charge is 0.167 e. The number of rotatable bonds is 5. The quantitative estimate of drug-likeness (QED) is 0.831. The van der Waals surface area contributed by atoms with Crippen LogP contribution in [0.25, 0.3) is 0 Å². The molecule has 1 aromatic carbocycles. The first-order valence-corrected chi connectivity index (χ1v) is 6.04. The predicted molar refractivity (Wildman–Crippen MR) is 73.2 cm³/mol. The zero-order chi connectivity index (χ0) is 13.7. The van der Waals surface area contributed by atoms with Gasteiger partial charge >= 0.3 is 0 Å². The lowest BCUT2D eigenvalue weighted by Crippen LogP contribution is -2.07. The topological polar surface area (TPSA) is 65.2 Å². The van der Waals surface area contributed by atoms with Crippen LogP contribution in [0.4, 0.5) is 0 Å². The van der Waals surface area contributed by atoms with E-state index in [0.717, 1.165) is 17.0 Å². The van der Waals surface area contributed by atoms with Crippen molar-refractivity contribution in [1.82, 2.24) is 4.98 Å². The maximum atomic E-state index is 12.2. The summed E-state index contributed by atoms with van der Waals surface area (Å²) in [5, 5.41) is 0. The van der Waals surface area contributed by atoms with E-state index in [9.17, 15) is 4.79 Å². The first-order chi connectivity index (χ1) is 9.22. The van der Waals surface area contributed by atoms with Crippen LogP contribution in [0.15, 0.2) is 42.6 Å². The molecule has 4 nitrogen and oxygen atoms in total. The monoisotopic (exact) mass is 256 g/mol. The molecule has 0 saturated heterocycles. The van der Waals surface area contributed by atoms with Crippen LogP contribution in [-0.2, 0) is 13.0 Å². The fraction of sp³-hybridized carbons (Fsp3) is 0.200. The van der Waals surface area contributed by atoms with Crippen molar-refractivity contribution in [3.63, 3.8) is 0 Å². The zero-order valence-electron chi connectivity index (χ0n) is 10.8. The molecule has 0 fully saturated rings. The highest BCUT2D eigenvalue weighted by Crippen LogP contribution is 2.15. The third-order valence-electron chi connectivity index (χ3n) is 2.85. The molecule has 0 aliphatic heterocycles. The number of carbonyl (C=O) groups excluding carboxylic acids is 1. The van der Waals surface area contributed by atoms with Crippen molar-refractivity contribution in [3.8, 4) is 5.75 Å². The second-order valence-corrected chi connectivity index (χ2v) is 4.19. The number of aromatic nitrogens is 1. The van der Waals surface area contributed by atoms with E-state index in [2.05, 4.69) is 4.98 Å². The average molecular weight is 256 g/mol. The van der Waals surface area contributed by atoms with E-state index in [1.54, 1.807) is 25.4 Å². The number of pyridine rings is 1. The van der Waals surface area contributed by atoms with Gasteiger partial charge in [-0.1, -0.05) is 12.1 Å². The van der Waals surface area contributed by atoms with E-state index in [0.29, 0.717) is 18.5 Å². The molecule has 0 amide bonds. The van der Waals surface area contributed by atoms with Crippen LogP contribution >= 0.6 is 0 Å². The van der Waals surface area contributed by atoms with E-state index < -0.39 is 0 Å². The molecule has 1 aromatic heterocycles. The van der Waals surface area contributed by atoms with Crippen LogP contribution < -0.4 is 10.5 Å². The molecule has 0 aliphatic rings. The van der Waals surface area contributed by atoms with Crippen molar-refractivity contribution in [2.24, 2.45) is 5.73 Å². The first kappa shape index (κ1) is 13.2. The van der Waals surface area contributed by atoms with Crippen LogP contribution in [0.5, 0.6) is 5.75 Å². The molecular weight excluding hydrogens is 240 g/mol. The second kappa shape index (κ2) is 6.11. The lowest BCUT2D eigenvalue weighted by atomic mass is 10.0. The van der Waals surface area contributed by atoms with Gasteiger partial charge in [-0.15, -0.1) is 0 Å². The standard InChI is InChI=1S/C15H16N2O2/c1-19-14-4-2-3-11(7-14)8-15(18)12-5-6-17-13(9-12)10-16/h2-7,9H,8,10,16H2,1H3. The second-order valence-electron chi connectivity index (χ2n) is 4.19. The largest absolute Gasteiger partial charge is 0.497 e. The molecule has 0 atom stereocenters. The molecule has 0 unspecified atom stereocenters. The van der Waals surface area contributed by atoms with Crippen LogP contribution in [0.3, 0.4) is 0 Å². The highest BCUT2D eigenvalue weighted by molar-refractivity contribution is 5.97. The van der Waals surface area contributed by atoms with E-state index in [-0.39, 0.29) is 5.78 Å². The third-order valence-corrected chi connectivity index (χ3v) is 2.85. The van der Waals surface area contributed by atoms with Gasteiger partial charge < -0.3 is 10.5 Å². The highest BCUT2D eigenvalue weighted by atomic mass is 16.5. The van der Waals surface area contributed by atoms with Crippen LogP contribution in [0.1, 0.15) is 21.6 Å². The first-order valence-electron chi connectivity index (χ1n) is 6.04. The SMILES string of the molecule is COc1cccc(CC(=O)c2ccnc(CN)c2)c1. The Balaban J connectivity index is 2.15. The van der Waals surface area contributed by atoms with E-state index in [1.165, 1.54) is 0 Å². The van der Waals surface area contributed by atoms with Gasteiger partial charge in [-0.2, -0.15) is 0 Å². The van der Waals surface area contributed by atoms with E-state index in [1.807, 2.05) is 24.3 Å². The Kier molecular flexibility index (Phi) is 4.26. The minimum atomic E-state index is 0.0466. The van der Waals surface area contributed by atoms with Gasteiger partial charge in [0.1, 0.15) is 5.75 Å². The van der Waals surface area contributed by atoms with Crippen molar-refractivity contribution >= 4 is 5.78 Å². The van der Waals surface area contributed by atoms with Crippen LogP contribution in [0, 0.1) is 0 Å². The third kappa shape index (κ3) is 3.39. The Hall–Kier alpha value is -2.20. The summed E-state index contributed by atoms with van der Waals surface area (Å²) in [5.41, 5.74) is 7.80. The van der Waals surface area contributed by atoms with Gasteiger partial charge in [-0.05, 0) is 29.8 Å². The lowest BCUT2D eigenvalue weighted by Gasteiger charge is -2.05.